The smallest absolute Gasteiger partial charge is 0.306 e. The third-order valence-corrected chi connectivity index (χ3v) is 5.87. The molecule has 0 spiro atoms. The summed E-state index contributed by atoms with van der Waals surface area (Å²) in [5, 5.41) is 2.92. The maximum absolute atomic E-state index is 12.2. The molecule has 1 amide bonds. The van der Waals surface area contributed by atoms with Gasteiger partial charge >= 0.3 is 5.97 Å². The third kappa shape index (κ3) is 4.23. The van der Waals surface area contributed by atoms with E-state index in [0.717, 1.165) is 29.2 Å². The van der Waals surface area contributed by atoms with Gasteiger partial charge in [0.15, 0.2) is 6.61 Å². The lowest BCUT2D eigenvalue weighted by molar-refractivity contribution is -0.148. The van der Waals surface area contributed by atoms with E-state index in [-0.39, 0.29) is 18.5 Å². The molecule has 25 heavy (non-hydrogen) atoms. The molecular formula is C21H29NO3. The lowest BCUT2D eigenvalue weighted by atomic mass is 9.86. The largest absolute Gasteiger partial charge is 0.456 e. The zero-order chi connectivity index (χ0) is 18.0. The van der Waals surface area contributed by atoms with Crippen LogP contribution in [0.5, 0.6) is 0 Å². The highest BCUT2D eigenvalue weighted by Crippen LogP contribution is 2.49. The monoisotopic (exact) mass is 343 g/mol. The molecule has 1 aromatic carbocycles. The summed E-state index contributed by atoms with van der Waals surface area (Å²) in [4.78, 5) is 24.3. The number of anilines is 1. The Hall–Kier alpha value is -1.84. The van der Waals surface area contributed by atoms with Crippen molar-refractivity contribution in [2.24, 2.45) is 17.8 Å². The number of rotatable bonds is 6. The molecule has 2 fully saturated rings. The van der Waals surface area contributed by atoms with Crippen molar-refractivity contribution in [3.8, 4) is 0 Å². The summed E-state index contributed by atoms with van der Waals surface area (Å²) in [6.45, 7) is 5.97. The summed E-state index contributed by atoms with van der Waals surface area (Å²) < 4.78 is 5.23. The molecule has 2 aliphatic rings. The molecule has 136 valence electrons. The van der Waals surface area contributed by atoms with Crippen LogP contribution in [0.2, 0.25) is 0 Å². The minimum atomic E-state index is -0.266. The molecule has 3 atom stereocenters. The number of fused-ring (bicyclic) bond motifs is 2. The molecule has 3 rings (SSSR count). The molecular weight excluding hydrogens is 314 g/mol. The molecule has 2 saturated carbocycles. The third-order valence-electron chi connectivity index (χ3n) is 5.87. The molecule has 0 heterocycles. The van der Waals surface area contributed by atoms with Crippen molar-refractivity contribution in [1.29, 1.82) is 0 Å². The SMILES string of the molecule is Cc1cccc(C(C)C)c1NC(=O)COC(=O)C[C@@H]1C[C@H]2CC[C@@H]1C2. The summed E-state index contributed by atoms with van der Waals surface area (Å²) in [6, 6.07) is 5.99. The van der Waals surface area contributed by atoms with Gasteiger partial charge in [0.05, 0.1) is 0 Å². The van der Waals surface area contributed by atoms with Crippen LogP contribution >= 0.6 is 0 Å². The summed E-state index contributed by atoms with van der Waals surface area (Å²) in [6.07, 6.45) is 5.49. The Morgan fingerprint density at radius 2 is 2.04 bits per heavy atom. The number of carbonyl (C=O) groups excluding carboxylic acids is 2. The van der Waals surface area contributed by atoms with Gasteiger partial charge in [0.25, 0.3) is 5.91 Å². The lowest BCUT2D eigenvalue weighted by Crippen LogP contribution is -2.24. The van der Waals surface area contributed by atoms with Crippen LogP contribution in [0.1, 0.15) is 63.0 Å². The van der Waals surface area contributed by atoms with Gasteiger partial charge in [-0.2, -0.15) is 0 Å². The summed E-state index contributed by atoms with van der Waals surface area (Å²) in [5.74, 6) is 1.81. The molecule has 1 N–H and O–H groups in total. The van der Waals surface area contributed by atoms with Crippen LogP contribution in [-0.2, 0) is 14.3 Å². The molecule has 2 bridgehead atoms. The van der Waals surface area contributed by atoms with Crippen LogP contribution in [0.15, 0.2) is 18.2 Å². The number of benzene rings is 1. The fourth-order valence-corrected chi connectivity index (χ4v) is 4.56. The number of nitrogens with one attached hydrogen (secondary N) is 1. The van der Waals surface area contributed by atoms with Gasteiger partial charge in [-0.3, -0.25) is 9.59 Å². The second-order valence-corrected chi connectivity index (χ2v) is 8.04. The van der Waals surface area contributed by atoms with Crippen molar-refractivity contribution in [3.63, 3.8) is 0 Å². The van der Waals surface area contributed by atoms with Crippen LogP contribution < -0.4 is 5.32 Å². The van der Waals surface area contributed by atoms with Gasteiger partial charge in [-0.25, -0.2) is 0 Å². The maximum Gasteiger partial charge on any atom is 0.306 e. The highest BCUT2D eigenvalue weighted by molar-refractivity contribution is 5.94. The quantitative estimate of drug-likeness (QED) is 0.778. The Morgan fingerprint density at radius 1 is 1.24 bits per heavy atom. The van der Waals surface area contributed by atoms with E-state index in [4.69, 9.17) is 4.74 Å². The topological polar surface area (TPSA) is 55.4 Å². The number of carbonyl (C=O) groups is 2. The minimum Gasteiger partial charge on any atom is -0.456 e. The van der Waals surface area contributed by atoms with Gasteiger partial charge < -0.3 is 10.1 Å². The number of ether oxygens (including phenoxy) is 1. The first-order valence-corrected chi connectivity index (χ1v) is 9.49. The number of amides is 1. The van der Waals surface area contributed by atoms with Gasteiger partial charge in [-0.1, -0.05) is 38.5 Å². The Kier molecular flexibility index (Phi) is 5.45. The Balaban J connectivity index is 1.49. The van der Waals surface area contributed by atoms with Gasteiger partial charge in [0, 0.05) is 12.1 Å². The molecule has 0 radical (unpaired) electrons. The predicted octanol–water partition coefficient (Wildman–Crippen LogP) is 4.43. The van der Waals surface area contributed by atoms with Crippen LogP contribution in [-0.4, -0.2) is 18.5 Å². The minimum absolute atomic E-state index is 0.203. The lowest BCUT2D eigenvalue weighted by Gasteiger charge is -2.20. The van der Waals surface area contributed by atoms with Crippen molar-refractivity contribution in [1.82, 2.24) is 0 Å². The van der Waals surface area contributed by atoms with Gasteiger partial charge in [-0.15, -0.1) is 0 Å². The predicted molar refractivity (Wildman–Crippen MR) is 98.4 cm³/mol. The van der Waals surface area contributed by atoms with E-state index in [2.05, 4.69) is 19.2 Å². The Bertz CT molecular complexity index is 653. The molecule has 2 aliphatic carbocycles. The summed E-state index contributed by atoms with van der Waals surface area (Å²) in [7, 11) is 0. The fraction of sp³-hybridized carbons (Fsp3) is 0.619. The van der Waals surface area contributed by atoms with E-state index in [1.165, 1.54) is 19.3 Å². The fourth-order valence-electron chi connectivity index (χ4n) is 4.56. The van der Waals surface area contributed by atoms with E-state index < -0.39 is 0 Å². The van der Waals surface area contributed by atoms with E-state index in [1.54, 1.807) is 0 Å². The maximum atomic E-state index is 12.2. The number of esters is 1. The van der Waals surface area contributed by atoms with E-state index in [0.29, 0.717) is 24.2 Å². The van der Waals surface area contributed by atoms with Crippen molar-refractivity contribution in [2.45, 2.75) is 58.8 Å². The summed E-state index contributed by atoms with van der Waals surface area (Å²) >= 11 is 0. The summed E-state index contributed by atoms with van der Waals surface area (Å²) in [5.41, 5.74) is 2.96. The van der Waals surface area contributed by atoms with Crippen LogP contribution in [0, 0.1) is 24.7 Å². The van der Waals surface area contributed by atoms with E-state index in [9.17, 15) is 9.59 Å². The molecule has 4 nitrogen and oxygen atoms in total. The van der Waals surface area contributed by atoms with Crippen LogP contribution in [0.25, 0.3) is 0 Å². The molecule has 0 unspecified atom stereocenters. The molecule has 0 saturated heterocycles. The number of hydrogen-bond acceptors (Lipinski definition) is 3. The molecule has 0 aliphatic heterocycles. The van der Waals surface area contributed by atoms with Crippen LogP contribution in [0.4, 0.5) is 5.69 Å². The average Bonchev–Trinajstić information content (AvgIpc) is 3.17. The van der Waals surface area contributed by atoms with Gasteiger partial charge in [0.1, 0.15) is 0 Å². The second-order valence-electron chi connectivity index (χ2n) is 8.04. The zero-order valence-electron chi connectivity index (χ0n) is 15.5. The van der Waals surface area contributed by atoms with E-state index in [1.807, 2.05) is 25.1 Å². The van der Waals surface area contributed by atoms with Crippen LogP contribution in [0.3, 0.4) is 0 Å². The highest BCUT2D eigenvalue weighted by Gasteiger charge is 2.40. The number of para-hydroxylation sites is 1. The Labute approximate surface area is 150 Å². The number of aryl methyl sites for hydroxylation is 1. The molecule has 1 aromatic rings. The van der Waals surface area contributed by atoms with Crippen molar-refractivity contribution >= 4 is 17.6 Å². The van der Waals surface area contributed by atoms with Crippen molar-refractivity contribution < 1.29 is 14.3 Å². The van der Waals surface area contributed by atoms with Gasteiger partial charge in [-0.05, 0) is 61.0 Å². The normalized spacial score (nSPS) is 24.6. The second kappa shape index (κ2) is 7.59. The zero-order valence-corrected chi connectivity index (χ0v) is 15.5. The van der Waals surface area contributed by atoms with Crippen molar-refractivity contribution in [3.05, 3.63) is 29.3 Å². The molecule has 4 heteroatoms. The average molecular weight is 343 g/mol. The first kappa shape index (κ1) is 18.0. The standard InChI is InChI=1S/C21H29NO3/c1-13(2)18-6-4-5-14(3)21(18)22-19(23)12-25-20(24)11-17-10-15-7-8-16(17)9-15/h4-6,13,15-17H,7-12H2,1-3H3,(H,22,23)/t15-,16+,17-/m0/s1. The Morgan fingerprint density at radius 3 is 2.68 bits per heavy atom. The molecule has 0 aromatic heterocycles. The highest BCUT2D eigenvalue weighted by atomic mass is 16.5. The first-order valence-electron chi connectivity index (χ1n) is 9.49. The van der Waals surface area contributed by atoms with Gasteiger partial charge in [0.2, 0.25) is 0 Å². The van der Waals surface area contributed by atoms with Crippen molar-refractivity contribution in [2.75, 3.05) is 11.9 Å². The number of hydrogen-bond donors (Lipinski definition) is 1. The first-order chi connectivity index (χ1) is 11.9. The van der Waals surface area contributed by atoms with E-state index >= 15 is 0 Å².